The molecule has 2 rings (SSSR count). The second-order valence-corrected chi connectivity index (χ2v) is 5.91. The zero-order valence-corrected chi connectivity index (χ0v) is 12.8. The quantitative estimate of drug-likeness (QED) is 0.918. The van der Waals surface area contributed by atoms with Crippen LogP contribution in [0.3, 0.4) is 0 Å². The summed E-state index contributed by atoms with van der Waals surface area (Å²) in [7, 11) is 0. The number of carbonyl (C=O) groups excluding carboxylic acids is 1. The number of hydrogen-bond donors (Lipinski definition) is 1. The molecular weight excluding hydrogens is 250 g/mol. The third-order valence-electron chi connectivity index (χ3n) is 4.53. The summed E-state index contributed by atoms with van der Waals surface area (Å²) < 4.78 is 0. The average molecular weight is 275 g/mol. The average Bonchev–Trinajstić information content (AvgIpc) is 2.48. The third-order valence-corrected chi connectivity index (χ3v) is 4.53. The van der Waals surface area contributed by atoms with Gasteiger partial charge in [-0.15, -0.1) is 0 Å². The minimum atomic E-state index is 0.104. The molecule has 0 radical (unpaired) electrons. The van der Waals surface area contributed by atoms with Gasteiger partial charge in [0.2, 0.25) is 0 Å². The van der Waals surface area contributed by atoms with E-state index in [2.05, 4.69) is 24.1 Å². The highest BCUT2D eigenvalue weighted by Crippen LogP contribution is 2.34. The fourth-order valence-corrected chi connectivity index (χ4v) is 2.68. The van der Waals surface area contributed by atoms with Gasteiger partial charge in [-0.2, -0.15) is 0 Å². The Morgan fingerprint density at radius 2 is 2.10 bits per heavy atom. The van der Waals surface area contributed by atoms with E-state index in [-0.39, 0.29) is 5.91 Å². The fourth-order valence-electron chi connectivity index (χ4n) is 2.68. The molecule has 0 unspecified atom stereocenters. The number of amides is 1. The molecule has 1 amide bonds. The Labute approximate surface area is 121 Å². The van der Waals surface area contributed by atoms with E-state index in [1.165, 1.54) is 6.42 Å². The Kier molecular flexibility index (Phi) is 4.63. The van der Waals surface area contributed by atoms with E-state index >= 15 is 0 Å². The van der Waals surface area contributed by atoms with Crippen LogP contribution in [0.25, 0.3) is 0 Å². The van der Waals surface area contributed by atoms with Crippen molar-refractivity contribution in [2.45, 2.75) is 40.0 Å². The van der Waals surface area contributed by atoms with Gasteiger partial charge in [-0.05, 0) is 31.2 Å². The van der Waals surface area contributed by atoms with Crippen LogP contribution in [-0.4, -0.2) is 35.4 Å². The Hall–Kier alpha value is -1.58. The monoisotopic (exact) mass is 275 g/mol. The number of likely N-dealkylation sites (tertiary alicyclic amines) is 1. The first-order valence-electron chi connectivity index (χ1n) is 7.57. The van der Waals surface area contributed by atoms with Crippen LogP contribution in [0.2, 0.25) is 0 Å². The van der Waals surface area contributed by atoms with Gasteiger partial charge in [0.05, 0.1) is 11.3 Å². The van der Waals surface area contributed by atoms with Crippen molar-refractivity contribution in [2.75, 3.05) is 25.0 Å². The summed E-state index contributed by atoms with van der Waals surface area (Å²) in [6.07, 6.45) is 6.76. The molecule has 0 spiro atoms. The maximum absolute atomic E-state index is 12.6. The molecule has 1 aromatic rings. The van der Waals surface area contributed by atoms with Gasteiger partial charge in [0.25, 0.3) is 5.91 Å². The van der Waals surface area contributed by atoms with E-state index in [0.717, 1.165) is 38.2 Å². The van der Waals surface area contributed by atoms with E-state index in [1.807, 2.05) is 17.9 Å². The van der Waals surface area contributed by atoms with Gasteiger partial charge in [0.1, 0.15) is 0 Å². The minimum absolute atomic E-state index is 0.104. The third kappa shape index (κ3) is 3.11. The van der Waals surface area contributed by atoms with E-state index < -0.39 is 0 Å². The number of anilines is 1. The summed E-state index contributed by atoms with van der Waals surface area (Å²) in [5.74, 6) is 0.104. The van der Waals surface area contributed by atoms with Gasteiger partial charge in [-0.25, -0.2) is 0 Å². The molecule has 1 aliphatic rings. The largest absolute Gasteiger partial charge is 0.385 e. The van der Waals surface area contributed by atoms with Crippen molar-refractivity contribution >= 4 is 11.6 Å². The summed E-state index contributed by atoms with van der Waals surface area (Å²) in [4.78, 5) is 18.7. The highest BCUT2D eigenvalue weighted by atomic mass is 16.2. The van der Waals surface area contributed by atoms with Gasteiger partial charge in [-0.3, -0.25) is 9.78 Å². The van der Waals surface area contributed by atoms with Gasteiger partial charge in [0, 0.05) is 32.0 Å². The number of hydrogen-bond acceptors (Lipinski definition) is 3. The maximum atomic E-state index is 12.6. The molecule has 0 saturated carbocycles. The standard InChI is InChI=1S/C16H25N3O/c1-4-16(3)7-10-19(11-8-16)15(20)13-12-17-9-6-14(13)18-5-2/h6,9,12H,4-5,7-8,10-11H2,1-3H3,(H,17,18). The lowest BCUT2D eigenvalue weighted by atomic mass is 9.78. The molecular formula is C16H25N3O. The number of nitrogens with zero attached hydrogens (tertiary/aromatic N) is 2. The second kappa shape index (κ2) is 6.25. The molecule has 110 valence electrons. The van der Waals surface area contributed by atoms with Crippen LogP contribution in [0.1, 0.15) is 50.4 Å². The number of piperidine rings is 1. The minimum Gasteiger partial charge on any atom is -0.385 e. The Balaban J connectivity index is 2.09. The molecule has 1 fully saturated rings. The van der Waals surface area contributed by atoms with Crippen molar-refractivity contribution in [3.05, 3.63) is 24.0 Å². The van der Waals surface area contributed by atoms with E-state index in [9.17, 15) is 4.79 Å². The predicted octanol–water partition coefficient (Wildman–Crippen LogP) is 3.17. The highest BCUT2D eigenvalue weighted by Gasteiger charge is 2.31. The van der Waals surface area contributed by atoms with Gasteiger partial charge >= 0.3 is 0 Å². The summed E-state index contributed by atoms with van der Waals surface area (Å²) >= 11 is 0. The smallest absolute Gasteiger partial charge is 0.257 e. The zero-order chi connectivity index (χ0) is 14.6. The SMILES string of the molecule is CCNc1ccncc1C(=O)N1CCC(C)(CC)CC1. The first-order chi connectivity index (χ1) is 9.59. The van der Waals surface area contributed by atoms with Crippen LogP contribution in [0, 0.1) is 5.41 Å². The lowest BCUT2D eigenvalue weighted by Gasteiger charge is -2.39. The topological polar surface area (TPSA) is 45.2 Å². The van der Waals surface area contributed by atoms with Crippen molar-refractivity contribution in [1.29, 1.82) is 0 Å². The Morgan fingerprint density at radius 3 is 2.70 bits per heavy atom. The number of rotatable bonds is 4. The zero-order valence-electron chi connectivity index (χ0n) is 12.8. The van der Waals surface area contributed by atoms with Crippen LogP contribution in [0.5, 0.6) is 0 Å². The van der Waals surface area contributed by atoms with Crippen molar-refractivity contribution < 1.29 is 4.79 Å². The van der Waals surface area contributed by atoms with Crippen molar-refractivity contribution in [3.8, 4) is 0 Å². The Morgan fingerprint density at radius 1 is 1.40 bits per heavy atom. The molecule has 0 bridgehead atoms. The predicted molar refractivity (Wildman–Crippen MR) is 81.9 cm³/mol. The van der Waals surface area contributed by atoms with Gasteiger partial charge < -0.3 is 10.2 Å². The van der Waals surface area contributed by atoms with E-state index in [0.29, 0.717) is 11.0 Å². The van der Waals surface area contributed by atoms with Crippen molar-refractivity contribution in [2.24, 2.45) is 5.41 Å². The molecule has 1 aromatic heterocycles. The van der Waals surface area contributed by atoms with Crippen molar-refractivity contribution in [3.63, 3.8) is 0 Å². The summed E-state index contributed by atoms with van der Waals surface area (Å²) in [5.41, 5.74) is 1.97. The van der Waals surface area contributed by atoms with E-state index in [4.69, 9.17) is 0 Å². The Bertz CT molecular complexity index is 465. The molecule has 0 atom stereocenters. The molecule has 0 aliphatic carbocycles. The molecule has 2 heterocycles. The van der Waals surface area contributed by atoms with Gasteiger partial charge in [-0.1, -0.05) is 20.3 Å². The van der Waals surface area contributed by atoms with Crippen LogP contribution in [-0.2, 0) is 0 Å². The van der Waals surface area contributed by atoms with E-state index in [1.54, 1.807) is 12.4 Å². The summed E-state index contributed by atoms with van der Waals surface area (Å²) in [5, 5.41) is 3.24. The molecule has 20 heavy (non-hydrogen) atoms. The lowest BCUT2D eigenvalue weighted by molar-refractivity contribution is 0.0601. The molecule has 1 saturated heterocycles. The van der Waals surface area contributed by atoms with Crippen molar-refractivity contribution in [1.82, 2.24) is 9.88 Å². The summed E-state index contributed by atoms with van der Waals surface area (Å²) in [6, 6.07) is 1.87. The first-order valence-corrected chi connectivity index (χ1v) is 7.57. The first kappa shape index (κ1) is 14.8. The molecule has 4 heteroatoms. The van der Waals surface area contributed by atoms with Crippen LogP contribution >= 0.6 is 0 Å². The second-order valence-electron chi connectivity index (χ2n) is 5.91. The van der Waals surface area contributed by atoms with Gasteiger partial charge in [0.15, 0.2) is 0 Å². The van der Waals surface area contributed by atoms with Crippen LogP contribution in [0.4, 0.5) is 5.69 Å². The molecule has 1 aliphatic heterocycles. The number of aromatic nitrogens is 1. The summed E-state index contributed by atoms with van der Waals surface area (Å²) in [6.45, 7) is 9.10. The maximum Gasteiger partial charge on any atom is 0.257 e. The molecule has 1 N–H and O–H groups in total. The number of carbonyl (C=O) groups is 1. The van der Waals surface area contributed by atoms with Crippen LogP contribution in [0.15, 0.2) is 18.5 Å². The lowest BCUT2D eigenvalue weighted by Crippen LogP contribution is -2.42. The fraction of sp³-hybridized carbons (Fsp3) is 0.625. The normalized spacial score (nSPS) is 17.9. The molecule has 0 aromatic carbocycles. The number of pyridine rings is 1. The van der Waals surface area contributed by atoms with Crippen LogP contribution < -0.4 is 5.32 Å². The number of nitrogens with one attached hydrogen (secondary N) is 1. The molecule has 4 nitrogen and oxygen atoms in total. The highest BCUT2D eigenvalue weighted by molar-refractivity contribution is 5.99.